The van der Waals surface area contributed by atoms with Crippen LogP contribution in [0.2, 0.25) is 0 Å². The van der Waals surface area contributed by atoms with Crippen LogP contribution in [0.3, 0.4) is 0 Å². The van der Waals surface area contributed by atoms with Crippen molar-refractivity contribution in [2.75, 3.05) is 7.05 Å². The molecule has 1 aromatic rings. The number of hydrogen-bond donors (Lipinski definition) is 1. The van der Waals surface area contributed by atoms with Crippen LogP contribution in [0.15, 0.2) is 24.0 Å². The molecule has 3 heteroatoms. The number of H-pyrrole nitrogens is 1. The third-order valence-electron chi connectivity index (χ3n) is 2.34. The predicted molar refractivity (Wildman–Crippen MR) is 50.8 cm³/mol. The summed E-state index contributed by atoms with van der Waals surface area (Å²) in [6, 6.07) is 3.94. The summed E-state index contributed by atoms with van der Waals surface area (Å²) in [7, 11) is 1.82. The number of allylic oxidation sites excluding steroid dienone is 1. The minimum atomic E-state index is 0.206. The van der Waals surface area contributed by atoms with Crippen LogP contribution in [-0.4, -0.2) is 22.8 Å². The standard InChI is InChI=1S/C10H12N2O/c1-12-9(4-5-10(12)13)7-8-3-2-6-11-8/h2-3,6-7,11H,4-5H2,1H3. The maximum Gasteiger partial charge on any atom is 0.226 e. The summed E-state index contributed by atoms with van der Waals surface area (Å²) in [5.41, 5.74) is 2.14. The molecule has 0 aliphatic carbocycles. The average molecular weight is 176 g/mol. The molecule has 0 bridgehead atoms. The number of hydrogen-bond acceptors (Lipinski definition) is 1. The van der Waals surface area contributed by atoms with E-state index in [-0.39, 0.29) is 5.91 Å². The van der Waals surface area contributed by atoms with E-state index in [1.54, 1.807) is 4.90 Å². The van der Waals surface area contributed by atoms with Crippen LogP contribution in [-0.2, 0) is 4.79 Å². The van der Waals surface area contributed by atoms with Crippen molar-refractivity contribution in [1.82, 2.24) is 9.88 Å². The first kappa shape index (κ1) is 8.10. The highest BCUT2D eigenvalue weighted by Crippen LogP contribution is 2.21. The van der Waals surface area contributed by atoms with Gasteiger partial charge in [0.2, 0.25) is 5.91 Å². The summed E-state index contributed by atoms with van der Waals surface area (Å²) in [4.78, 5) is 16.0. The molecular formula is C10H12N2O. The van der Waals surface area contributed by atoms with Crippen molar-refractivity contribution in [2.24, 2.45) is 0 Å². The van der Waals surface area contributed by atoms with E-state index in [0.29, 0.717) is 6.42 Å². The summed E-state index contributed by atoms with van der Waals surface area (Å²) in [5.74, 6) is 0.206. The van der Waals surface area contributed by atoms with Crippen LogP contribution in [0.25, 0.3) is 6.08 Å². The molecule has 0 saturated carbocycles. The van der Waals surface area contributed by atoms with Gasteiger partial charge in [0.25, 0.3) is 0 Å². The summed E-state index contributed by atoms with van der Waals surface area (Å²) < 4.78 is 0. The second kappa shape index (κ2) is 3.09. The monoisotopic (exact) mass is 176 g/mol. The molecule has 13 heavy (non-hydrogen) atoms. The molecule has 1 amide bonds. The van der Waals surface area contributed by atoms with Crippen LogP contribution in [0.4, 0.5) is 0 Å². The lowest BCUT2D eigenvalue weighted by Gasteiger charge is -2.09. The van der Waals surface area contributed by atoms with Gasteiger partial charge < -0.3 is 9.88 Å². The van der Waals surface area contributed by atoms with Crippen LogP contribution in [0.1, 0.15) is 18.5 Å². The van der Waals surface area contributed by atoms with Crippen molar-refractivity contribution >= 4 is 12.0 Å². The maximum absolute atomic E-state index is 11.2. The predicted octanol–water partition coefficient (Wildman–Crippen LogP) is 1.61. The minimum Gasteiger partial charge on any atom is -0.362 e. The van der Waals surface area contributed by atoms with E-state index in [9.17, 15) is 4.79 Å². The highest BCUT2D eigenvalue weighted by molar-refractivity contribution is 5.82. The van der Waals surface area contributed by atoms with Crippen molar-refractivity contribution in [3.05, 3.63) is 29.7 Å². The lowest BCUT2D eigenvalue weighted by molar-refractivity contribution is -0.125. The number of nitrogens with zero attached hydrogens (tertiary/aromatic N) is 1. The second-order valence-electron chi connectivity index (χ2n) is 3.21. The highest BCUT2D eigenvalue weighted by Gasteiger charge is 2.21. The Balaban J connectivity index is 2.22. The zero-order chi connectivity index (χ0) is 9.26. The fourth-order valence-electron chi connectivity index (χ4n) is 1.51. The number of amides is 1. The molecule has 1 aromatic heterocycles. The molecule has 0 unspecified atom stereocenters. The fourth-order valence-corrected chi connectivity index (χ4v) is 1.51. The van der Waals surface area contributed by atoms with Gasteiger partial charge in [-0.25, -0.2) is 0 Å². The van der Waals surface area contributed by atoms with E-state index in [4.69, 9.17) is 0 Å². The van der Waals surface area contributed by atoms with Gasteiger partial charge in [-0.2, -0.15) is 0 Å². The molecule has 68 valence electrons. The lowest BCUT2D eigenvalue weighted by Crippen LogP contribution is -2.16. The molecular weight excluding hydrogens is 164 g/mol. The van der Waals surface area contributed by atoms with Crippen LogP contribution in [0, 0.1) is 0 Å². The van der Waals surface area contributed by atoms with Crippen LogP contribution < -0.4 is 0 Å². The largest absolute Gasteiger partial charge is 0.362 e. The molecule has 1 N–H and O–H groups in total. The van der Waals surface area contributed by atoms with E-state index < -0.39 is 0 Å². The highest BCUT2D eigenvalue weighted by atomic mass is 16.2. The number of rotatable bonds is 1. The van der Waals surface area contributed by atoms with Crippen LogP contribution in [0.5, 0.6) is 0 Å². The Morgan fingerprint density at radius 1 is 1.54 bits per heavy atom. The Labute approximate surface area is 77.1 Å². The second-order valence-corrected chi connectivity index (χ2v) is 3.21. The summed E-state index contributed by atoms with van der Waals surface area (Å²) in [6.45, 7) is 0. The normalized spacial score (nSPS) is 20.2. The van der Waals surface area contributed by atoms with Gasteiger partial charge in [-0.15, -0.1) is 0 Å². The van der Waals surface area contributed by atoms with Gasteiger partial charge in [-0.3, -0.25) is 4.79 Å². The van der Waals surface area contributed by atoms with E-state index >= 15 is 0 Å². The Morgan fingerprint density at radius 3 is 2.92 bits per heavy atom. The summed E-state index contributed by atoms with van der Waals surface area (Å²) >= 11 is 0. The van der Waals surface area contributed by atoms with Gasteiger partial charge >= 0.3 is 0 Å². The minimum absolute atomic E-state index is 0.206. The smallest absolute Gasteiger partial charge is 0.226 e. The molecule has 0 aromatic carbocycles. The molecule has 1 aliphatic rings. The van der Waals surface area contributed by atoms with Gasteiger partial charge in [-0.1, -0.05) is 0 Å². The van der Waals surface area contributed by atoms with Gasteiger partial charge in [0.05, 0.1) is 0 Å². The van der Waals surface area contributed by atoms with Crippen molar-refractivity contribution in [3.8, 4) is 0 Å². The zero-order valence-corrected chi connectivity index (χ0v) is 7.58. The zero-order valence-electron chi connectivity index (χ0n) is 7.58. The van der Waals surface area contributed by atoms with E-state index in [2.05, 4.69) is 4.98 Å². The van der Waals surface area contributed by atoms with E-state index in [0.717, 1.165) is 17.8 Å². The van der Waals surface area contributed by atoms with Crippen molar-refractivity contribution in [2.45, 2.75) is 12.8 Å². The third-order valence-corrected chi connectivity index (χ3v) is 2.34. The third kappa shape index (κ3) is 1.49. The number of likely N-dealkylation sites (tertiary alicyclic amines) is 1. The number of carbonyl (C=O) groups excluding carboxylic acids is 1. The Hall–Kier alpha value is -1.51. The molecule has 2 heterocycles. The topological polar surface area (TPSA) is 36.1 Å². The first-order valence-electron chi connectivity index (χ1n) is 4.38. The molecule has 0 radical (unpaired) electrons. The molecule has 2 rings (SSSR count). The van der Waals surface area contributed by atoms with Crippen molar-refractivity contribution < 1.29 is 4.79 Å². The Kier molecular flexibility index (Phi) is 1.93. The fraction of sp³-hybridized carbons (Fsp3) is 0.300. The molecule has 0 spiro atoms. The van der Waals surface area contributed by atoms with E-state index in [1.165, 1.54) is 0 Å². The Bertz CT molecular complexity index is 338. The van der Waals surface area contributed by atoms with Gasteiger partial charge in [0, 0.05) is 31.1 Å². The SMILES string of the molecule is CN1C(=O)CCC1=Cc1ccc[nH]1. The molecule has 1 aliphatic heterocycles. The first-order chi connectivity index (χ1) is 6.27. The van der Waals surface area contributed by atoms with Crippen LogP contribution >= 0.6 is 0 Å². The number of carbonyl (C=O) groups is 1. The van der Waals surface area contributed by atoms with Crippen molar-refractivity contribution in [3.63, 3.8) is 0 Å². The molecule has 1 saturated heterocycles. The van der Waals surface area contributed by atoms with Gasteiger partial charge in [0.15, 0.2) is 0 Å². The average Bonchev–Trinajstić information content (AvgIpc) is 2.71. The molecule has 3 nitrogen and oxygen atoms in total. The lowest BCUT2D eigenvalue weighted by atomic mass is 10.2. The maximum atomic E-state index is 11.2. The Morgan fingerprint density at radius 2 is 2.38 bits per heavy atom. The number of aromatic nitrogens is 1. The summed E-state index contributed by atoms with van der Waals surface area (Å²) in [5, 5.41) is 0. The number of aromatic amines is 1. The van der Waals surface area contributed by atoms with E-state index in [1.807, 2.05) is 31.5 Å². The van der Waals surface area contributed by atoms with Gasteiger partial charge in [0.1, 0.15) is 0 Å². The quantitative estimate of drug-likeness (QED) is 0.693. The molecule has 1 fully saturated rings. The van der Waals surface area contributed by atoms with Gasteiger partial charge in [-0.05, 0) is 24.6 Å². The number of nitrogens with one attached hydrogen (secondary N) is 1. The molecule has 0 atom stereocenters. The first-order valence-corrected chi connectivity index (χ1v) is 4.38. The van der Waals surface area contributed by atoms with Crippen molar-refractivity contribution in [1.29, 1.82) is 0 Å². The summed E-state index contributed by atoms with van der Waals surface area (Å²) in [6.07, 6.45) is 5.39.